The van der Waals surface area contributed by atoms with Crippen molar-refractivity contribution < 1.29 is 14.3 Å². The molecule has 0 spiro atoms. The number of allylic oxidation sites excluding steroid dienone is 2. The molecule has 2 aromatic rings. The minimum atomic E-state index is -0.929. The van der Waals surface area contributed by atoms with Crippen molar-refractivity contribution in [1.82, 2.24) is 9.78 Å². The molecule has 0 saturated carbocycles. The van der Waals surface area contributed by atoms with Gasteiger partial charge >= 0.3 is 5.97 Å². The number of aliphatic carboxylic acids is 1. The van der Waals surface area contributed by atoms with Crippen LogP contribution in [0.1, 0.15) is 18.2 Å². The summed E-state index contributed by atoms with van der Waals surface area (Å²) in [5.74, 6) is -1.43. The van der Waals surface area contributed by atoms with Crippen LogP contribution in [0.3, 0.4) is 0 Å². The third-order valence-electron chi connectivity index (χ3n) is 4.61. The monoisotopic (exact) mass is 419 g/mol. The number of rotatable bonds is 4. The number of nitrogens with one attached hydrogen (secondary N) is 1. The van der Waals surface area contributed by atoms with Crippen LogP contribution >= 0.6 is 15.9 Å². The number of carbonyl (C=O) groups is 1. The highest BCUT2D eigenvalue weighted by Gasteiger charge is 2.38. The standard InChI is InChI=1S/C19H19BrFN3O2/c1-11-14(21)8-6-9-15(11)24-17(16(20)12(2)23-24)22-19(3)10-5-4-7-13(19)18(25)26/h4-10,13,22H,1-3H3,(H,25,26). The Morgan fingerprint density at radius 2 is 2.12 bits per heavy atom. The second kappa shape index (κ2) is 6.72. The Bertz CT molecular complexity index is 935. The van der Waals surface area contributed by atoms with Gasteiger partial charge in [0.1, 0.15) is 17.6 Å². The zero-order valence-corrected chi connectivity index (χ0v) is 16.2. The van der Waals surface area contributed by atoms with Gasteiger partial charge < -0.3 is 10.4 Å². The van der Waals surface area contributed by atoms with Crippen LogP contribution in [0, 0.1) is 25.6 Å². The summed E-state index contributed by atoms with van der Waals surface area (Å²) in [6.45, 7) is 5.32. The maximum atomic E-state index is 14.0. The Hall–Kier alpha value is -2.41. The van der Waals surface area contributed by atoms with Crippen molar-refractivity contribution in [2.24, 2.45) is 5.92 Å². The number of halogens is 2. The summed E-state index contributed by atoms with van der Waals surface area (Å²) in [5, 5.41) is 17.4. The first-order valence-corrected chi connectivity index (χ1v) is 8.91. The quantitative estimate of drug-likeness (QED) is 0.770. The minimum absolute atomic E-state index is 0.326. The van der Waals surface area contributed by atoms with Crippen LogP contribution in [0.15, 0.2) is 47.0 Å². The number of carboxylic acids is 1. The molecule has 2 atom stereocenters. The molecule has 7 heteroatoms. The van der Waals surface area contributed by atoms with Gasteiger partial charge in [-0.25, -0.2) is 9.07 Å². The highest BCUT2D eigenvalue weighted by molar-refractivity contribution is 9.10. The lowest BCUT2D eigenvalue weighted by molar-refractivity contribution is -0.141. The Morgan fingerprint density at radius 1 is 1.38 bits per heavy atom. The van der Waals surface area contributed by atoms with Crippen molar-refractivity contribution in [2.45, 2.75) is 26.3 Å². The predicted molar refractivity (Wildman–Crippen MR) is 102 cm³/mol. The lowest BCUT2D eigenvalue weighted by Gasteiger charge is -2.34. The maximum absolute atomic E-state index is 14.0. The summed E-state index contributed by atoms with van der Waals surface area (Å²) >= 11 is 3.52. The van der Waals surface area contributed by atoms with Crippen LogP contribution in [0.4, 0.5) is 10.2 Å². The zero-order valence-electron chi connectivity index (χ0n) is 14.6. The molecule has 1 aromatic carbocycles. The molecule has 0 saturated heterocycles. The Labute approximate surface area is 159 Å². The fourth-order valence-electron chi connectivity index (χ4n) is 3.06. The molecule has 1 heterocycles. The average Bonchev–Trinajstić information content (AvgIpc) is 2.85. The van der Waals surface area contributed by atoms with Gasteiger partial charge in [-0.1, -0.05) is 30.4 Å². The smallest absolute Gasteiger partial charge is 0.313 e. The number of hydrogen-bond donors (Lipinski definition) is 2. The number of aryl methyl sites for hydroxylation is 1. The first-order chi connectivity index (χ1) is 12.2. The van der Waals surface area contributed by atoms with Crippen molar-refractivity contribution in [1.29, 1.82) is 0 Å². The molecule has 0 radical (unpaired) electrons. The van der Waals surface area contributed by atoms with Crippen molar-refractivity contribution in [2.75, 3.05) is 5.32 Å². The molecule has 5 nitrogen and oxygen atoms in total. The molecule has 1 aliphatic carbocycles. The van der Waals surface area contributed by atoms with Crippen molar-refractivity contribution in [3.05, 3.63) is 64.1 Å². The highest BCUT2D eigenvalue weighted by atomic mass is 79.9. The number of hydrogen-bond acceptors (Lipinski definition) is 3. The first-order valence-electron chi connectivity index (χ1n) is 8.12. The minimum Gasteiger partial charge on any atom is -0.481 e. The third kappa shape index (κ3) is 3.07. The Balaban J connectivity index is 2.12. The number of aromatic nitrogens is 2. The number of benzene rings is 1. The molecule has 2 N–H and O–H groups in total. The second-order valence-corrected chi connectivity index (χ2v) is 7.30. The van der Waals surface area contributed by atoms with Gasteiger partial charge in [0.25, 0.3) is 0 Å². The average molecular weight is 420 g/mol. The molecule has 26 heavy (non-hydrogen) atoms. The topological polar surface area (TPSA) is 67.2 Å². The summed E-state index contributed by atoms with van der Waals surface area (Å²) < 4.78 is 16.3. The second-order valence-electron chi connectivity index (χ2n) is 6.51. The summed E-state index contributed by atoms with van der Waals surface area (Å²) in [4.78, 5) is 11.7. The van der Waals surface area contributed by atoms with Crippen molar-refractivity contribution in [3.63, 3.8) is 0 Å². The highest BCUT2D eigenvalue weighted by Crippen LogP contribution is 2.36. The third-order valence-corrected chi connectivity index (χ3v) is 5.56. The van der Waals surface area contributed by atoms with E-state index in [-0.39, 0.29) is 5.82 Å². The molecule has 136 valence electrons. The van der Waals surface area contributed by atoms with E-state index in [1.165, 1.54) is 6.07 Å². The van der Waals surface area contributed by atoms with Gasteiger partial charge in [0, 0.05) is 5.56 Å². The lowest BCUT2D eigenvalue weighted by Crippen LogP contribution is -2.45. The Morgan fingerprint density at radius 3 is 2.81 bits per heavy atom. The van der Waals surface area contributed by atoms with E-state index in [2.05, 4.69) is 26.3 Å². The van der Waals surface area contributed by atoms with Crippen LogP contribution < -0.4 is 5.32 Å². The Kier molecular flexibility index (Phi) is 4.75. The van der Waals surface area contributed by atoms with Gasteiger partial charge in [-0.3, -0.25) is 4.79 Å². The van der Waals surface area contributed by atoms with E-state index in [9.17, 15) is 14.3 Å². The lowest BCUT2D eigenvalue weighted by atomic mass is 9.82. The van der Waals surface area contributed by atoms with E-state index in [1.807, 2.05) is 19.9 Å². The van der Waals surface area contributed by atoms with Crippen molar-refractivity contribution >= 4 is 27.7 Å². The molecule has 0 amide bonds. The fraction of sp³-hybridized carbons (Fsp3) is 0.263. The predicted octanol–water partition coefficient (Wildman–Crippen LogP) is 4.39. The molecule has 0 bridgehead atoms. The molecular weight excluding hydrogens is 401 g/mol. The largest absolute Gasteiger partial charge is 0.481 e. The number of carboxylic acid groups (broad SMARTS) is 1. The van der Waals surface area contributed by atoms with E-state index in [1.54, 1.807) is 42.0 Å². The first kappa shape index (κ1) is 18.4. The maximum Gasteiger partial charge on any atom is 0.313 e. The van der Waals surface area contributed by atoms with E-state index in [0.717, 1.165) is 0 Å². The summed E-state index contributed by atoms with van der Waals surface area (Å²) in [7, 11) is 0. The van der Waals surface area contributed by atoms with Crippen LogP contribution in [0.25, 0.3) is 5.69 Å². The summed E-state index contributed by atoms with van der Waals surface area (Å²) in [6.07, 6.45) is 6.98. The molecular formula is C19H19BrFN3O2. The fourth-order valence-corrected chi connectivity index (χ4v) is 3.41. The van der Waals surface area contributed by atoms with E-state index in [0.29, 0.717) is 27.2 Å². The summed E-state index contributed by atoms with van der Waals surface area (Å²) in [6, 6.07) is 4.79. The van der Waals surface area contributed by atoms with Crippen LogP contribution in [0.5, 0.6) is 0 Å². The van der Waals surface area contributed by atoms with E-state index < -0.39 is 17.4 Å². The molecule has 1 aromatic heterocycles. The van der Waals surface area contributed by atoms with Gasteiger partial charge in [-0.15, -0.1) is 0 Å². The van der Waals surface area contributed by atoms with Gasteiger partial charge in [0.05, 0.1) is 21.4 Å². The SMILES string of the molecule is Cc1nn(-c2cccc(F)c2C)c(NC2(C)C=CC=CC2C(=O)O)c1Br. The van der Waals surface area contributed by atoms with E-state index >= 15 is 0 Å². The molecule has 0 aliphatic heterocycles. The number of nitrogens with zero attached hydrogens (tertiary/aromatic N) is 2. The van der Waals surface area contributed by atoms with Crippen molar-refractivity contribution in [3.8, 4) is 5.69 Å². The molecule has 0 fully saturated rings. The van der Waals surface area contributed by atoms with Crippen LogP contribution in [-0.4, -0.2) is 26.4 Å². The molecule has 3 rings (SSSR count). The number of anilines is 1. The van der Waals surface area contributed by atoms with Crippen LogP contribution in [-0.2, 0) is 4.79 Å². The molecule has 1 aliphatic rings. The van der Waals surface area contributed by atoms with Crippen LogP contribution in [0.2, 0.25) is 0 Å². The normalized spacial score (nSPS) is 21.8. The van der Waals surface area contributed by atoms with Gasteiger partial charge in [0.15, 0.2) is 0 Å². The van der Waals surface area contributed by atoms with Gasteiger partial charge in [0.2, 0.25) is 0 Å². The molecule has 2 unspecified atom stereocenters. The van der Waals surface area contributed by atoms with E-state index in [4.69, 9.17) is 0 Å². The van der Waals surface area contributed by atoms with Gasteiger partial charge in [-0.05, 0) is 48.8 Å². The summed E-state index contributed by atoms with van der Waals surface area (Å²) in [5.41, 5.74) is 0.896. The zero-order chi connectivity index (χ0) is 19.1. The van der Waals surface area contributed by atoms with Gasteiger partial charge in [-0.2, -0.15) is 5.10 Å².